The third-order valence-corrected chi connectivity index (χ3v) is 8.97. The van der Waals surface area contributed by atoms with Gasteiger partial charge in [0, 0.05) is 36.5 Å². The Morgan fingerprint density at radius 1 is 1.02 bits per heavy atom. The minimum Gasteiger partial charge on any atom is -0.481 e. The third-order valence-electron chi connectivity index (χ3n) is 8.97. The fraction of sp³-hybridized carbons (Fsp3) is 0.412. The number of amides is 5. The molecule has 0 saturated carbocycles. The van der Waals surface area contributed by atoms with E-state index in [1.54, 1.807) is 30.3 Å². The lowest BCUT2D eigenvalue weighted by Gasteiger charge is -2.32. The number of hydrogen-bond donors (Lipinski definition) is 6. The first-order valence-corrected chi connectivity index (χ1v) is 15.9. The molecule has 13 heteroatoms. The van der Waals surface area contributed by atoms with Crippen molar-refractivity contribution >= 4 is 46.4 Å². The summed E-state index contributed by atoms with van der Waals surface area (Å²) < 4.78 is 0. The van der Waals surface area contributed by atoms with Crippen molar-refractivity contribution in [3.05, 3.63) is 71.4 Å². The summed E-state index contributed by atoms with van der Waals surface area (Å²) in [5, 5.41) is 18.4. The summed E-state index contributed by atoms with van der Waals surface area (Å²) in [6.45, 7) is 2.21. The number of likely N-dealkylation sites (tertiary alicyclic amines) is 1. The minimum absolute atomic E-state index is 0.0736. The van der Waals surface area contributed by atoms with Crippen LogP contribution in [0.15, 0.2) is 54.7 Å². The molecule has 0 spiro atoms. The van der Waals surface area contributed by atoms with E-state index >= 15 is 0 Å². The van der Waals surface area contributed by atoms with Gasteiger partial charge in [0.1, 0.15) is 24.2 Å². The van der Waals surface area contributed by atoms with Gasteiger partial charge in [0.15, 0.2) is 0 Å². The van der Waals surface area contributed by atoms with E-state index in [1.165, 1.54) is 4.90 Å². The Morgan fingerprint density at radius 2 is 1.79 bits per heavy atom. The van der Waals surface area contributed by atoms with Crippen LogP contribution in [0.1, 0.15) is 49.3 Å². The van der Waals surface area contributed by atoms with Gasteiger partial charge < -0.3 is 36.7 Å². The van der Waals surface area contributed by atoms with E-state index in [-0.39, 0.29) is 37.6 Å². The smallest absolute Gasteiger partial charge is 0.305 e. The van der Waals surface area contributed by atoms with Gasteiger partial charge in [-0.25, -0.2) is 0 Å². The fourth-order valence-electron chi connectivity index (χ4n) is 6.80. The molecule has 1 saturated heterocycles. The summed E-state index contributed by atoms with van der Waals surface area (Å²) >= 11 is 0. The van der Waals surface area contributed by atoms with Crippen LogP contribution in [0.3, 0.4) is 0 Å². The van der Waals surface area contributed by atoms with E-state index in [0.717, 1.165) is 34.0 Å². The normalized spacial score (nSPS) is 20.4. The van der Waals surface area contributed by atoms with Gasteiger partial charge in [0.25, 0.3) is 0 Å². The fourth-order valence-corrected chi connectivity index (χ4v) is 6.80. The number of nitrogens with two attached hydrogens (primary N) is 1. The molecular weight excluding hydrogens is 604 g/mol. The Kier molecular flexibility index (Phi) is 10.2. The first-order valence-electron chi connectivity index (χ1n) is 15.9. The van der Waals surface area contributed by atoms with Crippen molar-refractivity contribution in [3.63, 3.8) is 0 Å². The molecule has 2 aliphatic heterocycles. The molecule has 7 N–H and O–H groups in total. The van der Waals surface area contributed by atoms with Crippen molar-refractivity contribution in [1.29, 1.82) is 0 Å². The Hall–Kier alpha value is -5.20. The minimum atomic E-state index is -1.54. The highest BCUT2D eigenvalue weighted by Gasteiger charge is 2.45. The van der Waals surface area contributed by atoms with E-state index in [1.807, 2.05) is 31.3 Å². The van der Waals surface area contributed by atoms with Crippen molar-refractivity contribution < 1.29 is 33.9 Å². The molecular formula is C34H40N6O7. The Balaban J connectivity index is 1.36. The average molecular weight is 645 g/mol. The topological polar surface area (TPSA) is 204 Å². The lowest BCUT2D eigenvalue weighted by Crippen LogP contribution is -2.59. The Bertz CT molecular complexity index is 1670. The van der Waals surface area contributed by atoms with Gasteiger partial charge in [0.05, 0.1) is 12.8 Å². The molecule has 0 radical (unpaired) electrons. The van der Waals surface area contributed by atoms with Gasteiger partial charge in [0.2, 0.25) is 29.5 Å². The molecule has 0 unspecified atom stereocenters. The van der Waals surface area contributed by atoms with Crippen LogP contribution in [-0.2, 0) is 48.0 Å². The highest BCUT2D eigenvalue weighted by Crippen LogP contribution is 2.31. The number of carbonyl (C=O) groups excluding carboxylic acids is 5. The molecule has 47 heavy (non-hydrogen) atoms. The molecule has 2 aliphatic rings. The molecule has 2 aromatic carbocycles. The summed E-state index contributed by atoms with van der Waals surface area (Å²) in [7, 11) is 0. The second-order valence-electron chi connectivity index (χ2n) is 12.3. The number of nitrogens with one attached hydrogen (secondary N) is 4. The van der Waals surface area contributed by atoms with Crippen LogP contribution >= 0.6 is 0 Å². The number of carboxylic acids is 1. The molecule has 1 aromatic heterocycles. The van der Waals surface area contributed by atoms with Gasteiger partial charge in [-0.1, -0.05) is 55.8 Å². The maximum Gasteiger partial charge on any atom is 0.305 e. The summed E-state index contributed by atoms with van der Waals surface area (Å²) in [6.07, 6.45) is 3.31. The van der Waals surface area contributed by atoms with Crippen LogP contribution in [-0.4, -0.2) is 81.2 Å². The number of carboxylic acid groups (broad SMARTS) is 1. The number of hydrogen-bond acceptors (Lipinski definition) is 6. The lowest BCUT2D eigenvalue weighted by atomic mass is 9.93. The van der Waals surface area contributed by atoms with Crippen LogP contribution < -0.4 is 21.7 Å². The number of carbonyl (C=O) groups is 6. The van der Waals surface area contributed by atoms with Crippen LogP contribution in [0.5, 0.6) is 0 Å². The molecule has 0 bridgehead atoms. The van der Waals surface area contributed by atoms with Crippen LogP contribution in [0.4, 0.5) is 0 Å². The van der Waals surface area contributed by atoms with Crippen molar-refractivity contribution in [2.75, 3.05) is 6.54 Å². The molecule has 248 valence electrons. The number of aliphatic carboxylic acids is 1. The number of aromatic amines is 1. The molecule has 5 amide bonds. The van der Waals surface area contributed by atoms with E-state index in [4.69, 9.17) is 5.73 Å². The van der Waals surface area contributed by atoms with Gasteiger partial charge >= 0.3 is 5.97 Å². The van der Waals surface area contributed by atoms with Crippen LogP contribution in [0.2, 0.25) is 0 Å². The summed E-state index contributed by atoms with van der Waals surface area (Å²) in [6, 6.07) is 9.89. The standard InChI is InChI=1S/C34H40N6O7/c1-2-7-20-12-13-40(34(47)26-15-22-18-36-23-11-6-10-21(29(22)23)16-27(41)37-26)30(20)33(46)39-25(17-28(42)43)32(45)38-24(31(35)44)14-19-8-4-3-5-9-19/h3-6,8-11,18,20,24-26,30,36H,2,7,12-17H2,1H3,(H2,35,44)(H,37,41)(H,38,45)(H,39,46)(H,42,43)/t20-,24+,25+,26+,30-/m1/s1. The molecule has 1 fully saturated rings. The zero-order valence-corrected chi connectivity index (χ0v) is 26.2. The van der Waals surface area contributed by atoms with E-state index in [9.17, 15) is 33.9 Å². The number of H-pyrrole nitrogens is 1. The predicted octanol–water partition coefficient (Wildman–Crippen LogP) is 0.941. The highest BCUT2D eigenvalue weighted by atomic mass is 16.4. The maximum atomic E-state index is 14.1. The largest absolute Gasteiger partial charge is 0.481 e. The van der Waals surface area contributed by atoms with Crippen molar-refractivity contribution in [1.82, 2.24) is 25.8 Å². The average Bonchev–Trinajstić information content (AvgIpc) is 3.64. The maximum absolute atomic E-state index is 14.1. The van der Waals surface area contributed by atoms with E-state index < -0.39 is 60.2 Å². The number of primary amides is 1. The SMILES string of the molecule is CCC[C@@H]1CCN(C(=O)[C@@H]2Cc3c[nH]c4cccc(c34)CC(=O)N2)[C@H]1C(=O)N[C@@H](CC(=O)O)C(=O)N[C@@H](Cc1ccccc1)C(N)=O. The van der Waals surface area contributed by atoms with Crippen LogP contribution in [0.25, 0.3) is 10.9 Å². The zero-order chi connectivity index (χ0) is 33.7. The first kappa shape index (κ1) is 33.2. The Labute approximate surface area is 271 Å². The van der Waals surface area contributed by atoms with Gasteiger partial charge in [-0.2, -0.15) is 0 Å². The quantitative estimate of drug-likeness (QED) is 0.168. The third kappa shape index (κ3) is 7.62. The van der Waals surface area contributed by atoms with Crippen LogP contribution in [0, 0.1) is 5.92 Å². The second kappa shape index (κ2) is 14.5. The van der Waals surface area contributed by atoms with Crippen molar-refractivity contribution in [3.8, 4) is 0 Å². The molecule has 3 aromatic rings. The molecule has 5 rings (SSSR count). The molecule has 3 heterocycles. The second-order valence-corrected chi connectivity index (χ2v) is 12.3. The van der Waals surface area contributed by atoms with Gasteiger partial charge in [-0.15, -0.1) is 0 Å². The number of benzene rings is 2. The number of aromatic nitrogens is 1. The monoisotopic (exact) mass is 644 g/mol. The molecule has 13 nitrogen and oxygen atoms in total. The molecule has 0 aliphatic carbocycles. The lowest BCUT2D eigenvalue weighted by molar-refractivity contribution is -0.144. The molecule has 5 atom stereocenters. The summed E-state index contributed by atoms with van der Waals surface area (Å²) in [5.74, 6) is -4.72. The zero-order valence-electron chi connectivity index (χ0n) is 26.2. The van der Waals surface area contributed by atoms with Gasteiger partial charge in [-0.05, 0) is 41.5 Å². The Morgan fingerprint density at radius 3 is 2.49 bits per heavy atom. The highest BCUT2D eigenvalue weighted by molar-refractivity contribution is 5.99. The number of rotatable bonds is 12. The number of nitrogens with zero attached hydrogens (tertiary/aromatic N) is 1. The summed E-state index contributed by atoms with van der Waals surface area (Å²) in [5.41, 5.74) is 8.87. The van der Waals surface area contributed by atoms with Gasteiger partial charge in [-0.3, -0.25) is 28.8 Å². The van der Waals surface area contributed by atoms with E-state index in [2.05, 4.69) is 20.9 Å². The van der Waals surface area contributed by atoms with E-state index in [0.29, 0.717) is 12.8 Å². The summed E-state index contributed by atoms with van der Waals surface area (Å²) in [4.78, 5) is 83.0. The van der Waals surface area contributed by atoms with Crippen molar-refractivity contribution in [2.24, 2.45) is 11.7 Å². The first-order chi connectivity index (χ1) is 22.5. The van der Waals surface area contributed by atoms with Crippen molar-refractivity contribution in [2.45, 2.75) is 76.0 Å². The predicted molar refractivity (Wildman–Crippen MR) is 172 cm³/mol.